The SMILES string of the molecule is O=C1CN=C(CN2C(=O)/C(=C/c3ccccc3)N=C2c2ccccc2)O1. The van der Waals surface area contributed by atoms with E-state index in [2.05, 4.69) is 9.98 Å². The molecule has 0 aliphatic carbocycles. The van der Waals surface area contributed by atoms with Gasteiger partial charge in [-0.15, -0.1) is 0 Å². The van der Waals surface area contributed by atoms with Gasteiger partial charge in [-0.25, -0.2) is 14.8 Å². The molecule has 26 heavy (non-hydrogen) atoms. The van der Waals surface area contributed by atoms with Crippen LogP contribution in [0.1, 0.15) is 11.1 Å². The van der Waals surface area contributed by atoms with Gasteiger partial charge in [0, 0.05) is 5.56 Å². The van der Waals surface area contributed by atoms with Gasteiger partial charge in [0.05, 0.1) is 0 Å². The second-order valence-electron chi connectivity index (χ2n) is 5.82. The number of benzene rings is 2. The maximum atomic E-state index is 12.9. The molecule has 6 heteroatoms. The molecule has 2 aliphatic heterocycles. The van der Waals surface area contributed by atoms with E-state index in [9.17, 15) is 9.59 Å². The number of amidine groups is 1. The molecule has 4 rings (SSSR count). The highest BCUT2D eigenvalue weighted by Gasteiger charge is 2.33. The summed E-state index contributed by atoms with van der Waals surface area (Å²) >= 11 is 0. The fourth-order valence-corrected chi connectivity index (χ4v) is 2.78. The Kier molecular flexibility index (Phi) is 4.15. The second-order valence-corrected chi connectivity index (χ2v) is 5.82. The van der Waals surface area contributed by atoms with Gasteiger partial charge in [0.25, 0.3) is 5.91 Å². The minimum absolute atomic E-state index is 0.0120. The van der Waals surface area contributed by atoms with Crippen LogP contribution >= 0.6 is 0 Å². The third-order valence-electron chi connectivity index (χ3n) is 3.99. The van der Waals surface area contributed by atoms with Crippen LogP contribution in [0.3, 0.4) is 0 Å². The number of carbonyl (C=O) groups is 2. The number of esters is 1. The van der Waals surface area contributed by atoms with Crippen molar-refractivity contribution in [2.45, 2.75) is 0 Å². The van der Waals surface area contributed by atoms with Gasteiger partial charge in [-0.1, -0.05) is 60.7 Å². The minimum atomic E-state index is -0.412. The summed E-state index contributed by atoms with van der Waals surface area (Å²) in [7, 11) is 0. The Morgan fingerprint density at radius 1 is 1.00 bits per heavy atom. The first kappa shape index (κ1) is 16.0. The van der Waals surface area contributed by atoms with Crippen LogP contribution in [-0.4, -0.2) is 41.6 Å². The van der Waals surface area contributed by atoms with Crippen molar-refractivity contribution >= 4 is 29.7 Å². The van der Waals surface area contributed by atoms with Gasteiger partial charge in [0.1, 0.15) is 24.6 Å². The van der Waals surface area contributed by atoms with Crippen LogP contribution in [0.4, 0.5) is 0 Å². The molecule has 0 saturated heterocycles. The summed E-state index contributed by atoms with van der Waals surface area (Å²) in [5.41, 5.74) is 2.03. The maximum Gasteiger partial charge on any atom is 0.334 e. The summed E-state index contributed by atoms with van der Waals surface area (Å²) in [6, 6.07) is 19.0. The van der Waals surface area contributed by atoms with Crippen LogP contribution in [0.15, 0.2) is 76.3 Å². The fraction of sp³-hybridized carbons (Fsp3) is 0.100. The maximum absolute atomic E-state index is 12.9. The van der Waals surface area contributed by atoms with Crippen molar-refractivity contribution in [1.82, 2.24) is 4.90 Å². The Morgan fingerprint density at radius 3 is 2.35 bits per heavy atom. The topological polar surface area (TPSA) is 71.3 Å². The number of ether oxygens (including phenoxy) is 1. The van der Waals surface area contributed by atoms with Gasteiger partial charge in [-0.3, -0.25) is 9.69 Å². The highest BCUT2D eigenvalue weighted by molar-refractivity contribution is 6.21. The molecule has 0 atom stereocenters. The third kappa shape index (κ3) is 3.17. The van der Waals surface area contributed by atoms with Crippen LogP contribution < -0.4 is 0 Å². The summed E-state index contributed by atoms with van der Waals surface area (Å²) in [4.78, 5) is 34.2. The van der Waals surface area contributed by atoms with Crippen LogP contribution in [0.5, 0.6) is 0 Å². The van der Waals surface area contributed by atoms with Crippen molar-refractivity contribution in [2.24, 2.45) is 9.98 Å². The quantitative estimate of drug-likeness (QED) is 0.630. The molecule has 0 N–H and O–H groups in total. The van der Waals surface area contributed by atoms with Crippen LogP contribution in [0.2, 0.25) is 0 Å². The van der Waals surface area contributed by atoms with Crippen molar-refractivity contribution in [3.63, 3.8) is 0 Å². The lowest BCUT2D eigenvalue weighted by Gasteiger charge is -2.17. The number of rotatable bonds is 4. The van der Waals surface area contributed by atoms with E-state index < -0.39 is 5.97 Å². The number of carbonyl (C=O) groups excluding carboxylic acids is 2. The first-order valence-electron chi connectivity index (χ1n) is 8.17. The van der Waals surface area contributed by atoms with E-state index in [1.54, 1.807) is 6.08 Å². The number of hydrogen-bond acceptors (Lipinski definition) is 5. The van der Waals surface area contributed by atoms with Crippen LogP contribution in [-0.2, 0) is 14.3 Å². The molecule has 128 valence electrons. The Labute approximate surface area is 150 Å². The van der Waals surface area contributed by atoms with E-state index in [0.29, 0.717) is 11.5 Å². The van der Waals surface area contributed by atoms with E-state index in [4.69, 9.17) is 4.74 Å². The minimum Gasteiger partial charge on any atom is -0.409 e. The zero-order valence-corrected chi connectivity index (χ0v) is 13.8. The van der Waals surface area contributed by atoms with E-state index in [1.807, 2.05) is 60.7 Å². The normalized spacial score (nSPS) is 18.2. The number of amides is 1. The molecule has 2 aromatic rings. The number of cyclic esters (lactones) is 1. The highest BCUT2D eigenvalue weighted by atomic mass is 16.6. The van der Waals surface area contributed by atoms with Crippen molar-refractivity contribution in [2.75, 3.05) is 13.1 Å². The molecule has 1 amide bonds. The molecule has 0 spiro atoms. The van der Waals surface area contributed by atoms with Crippen molar-refractivity contribution in [1.29, 1.82) is 0 Å². The van der Waals surface area contributed by atoms with Gasteiger partial charge >= 0.3 is 5.97 Å². The van der Waals surface area contributed by atoms with Gasteiger partial charge in [-0.2, -0.15) is 0 Å². The van der Waals surface area contributed by atoms with E-state index in [1.165, 1.54) is 4.90 Å². The lowest BCUT2D eigenvalue weighted by molar-refractivity contribution is -0.132. The first-order valence-corrected chi connectivity index (χ1v) is 8.17. The first-order chi connectivity index (χ1) is 12.7. The summed E-state index contributed by atoms with van der Waals surface area (Å²) in [5, 5.41) is 0. The number of aliphatic imine (C=N–C) groups is 2. The monoisotopic (exact) mass is 345 g/mol. The summed E-state index contributed by atoms with van der Waals surface area (Å²) in [6.07, 6.45) is 1.74. The summed E-state index contributed by atoms with van der Waals surface area (Å²) < 4.78 is 5.05. The molecular formula is C20H15N3O3. The molecule has 0 radical (unpaired) electrons. The van der Waals surface area contributed by atoms with Crippen LogP contribution in [0, 0.1) is 0 Å². The molecule has 6 nitrogen and oxygen atoms in total. The molecule has 2 heterocycles. The van der Waals surface area contributed by atoms with E-state index in [0.717, 1.165) is 11.1 Å². The molecule has 0 bridgehead atoms. The average molecular weight is 345 g/mol. The predicted molar refractivity (Wildman–Crippen MR) is 97.5 cm³/mol. The van der Waals surface area contributed by atoms with Gasteiger partial charge in [-0.05, 0) is 11.6 Å². The molecule has 0 unspecified atom stereocenters. The fourth-order valence-electron chi connectivity index (χ4n) is 2.78. The van der Waals surface area contributed by atoms with Crippen molar-refractivity contribution < 1.29 is 14.3 Å². The van der Waals surface area contributed by atoms with Crippen molar-refractivity contribution in [3.05, 3.63) is 77.5 Å². The van der Waals surface area contributed by atoms with E-state index in [-0.39, 0.29) is 24.9 Å². The largest absolute Gasteiger partial charge is 0.409 e. The highest BCUT2D eigenvalue weighted by Crippen LogP contribution is 2.22. The number of nitrogens with zero attached hydrogens (tertiary/aromatic N) is 3. The number of hydrogen-bond donors (Lipinski definition) is 0. The molecular weight excluding hydrogens is 330 g/mol. The molecule has 2 aromatic carbocycles. The zero-order chi connectivity index (χ0) is 17.9. The van der Waals surface area contributed by atoms with Gasteiger partial charge in [0.2, 0.25) is 5.90 Å². The molecule has 0 saturated carbocycles. The standard InChI is InChI=1S/C20H15N3O3/c24-18-12-21-17(26-18)13-23-19(15-9-5-2-6-10-15)22-16(20(23)25)11-14-7-3-1-4-8-14/h1-11H,12-13H2/b16-11-. The molecule has 0 aromatic heterocycles. The lowest BCUT2D eigenvalue weighted by Crippen LogP contribution is -2.37. The van der Waals surface area contributed by atoms with Gasteiger partial charge in [0.15, 0.2) is 0 Å². The van der Waals surface area contributed by atoms with Crippen molar-refractivity contribution in [3.8, 4) is 0 Å². The third-order valence-corrected chi connectivity index (χ3v) is 3.99. The Morgan fingerprint density at radius 2 is 1.69 bits per heavy atom. The molecule has 2 aliphatic rings. The Bertz CT molecular complexity index is 947. The van der Waals surface area contributed by atoms with Crippen LogP contribution in [0.25, 0.3) is 6.08 Å². The average Bonchev–Trinajstić information content (AvgIpc) is 3.22. The Balaban J connectivity index is 1.70. The van der Waals surface area contributed by atoms with Gasteiger partial charge < -0.3 is 4.74 Å². The zero-order valence-electron chi connectivity index (χ0n) is 13.8. The Hall–Kier alpha value is -3.54. The smallest absolute Gasteiger partial charge is 0.334 e. The predicted octanol–water partition coefficient (Wildman–Crippen LogP) is 2.27. The molecule has 0 fully saturated rings. The summed E-state index contributed by atoms with van der Waals surface area (Å²) in [5.74, 6) is 0.0830. The van der Waals surface area contributed by atoms with E-state index >= 15 is 0 Å². The summed E-state index contributed by atoms with van der Waals surface area (Å²) in [6.45, 7) is 0.0618. The second kappa shape index (κ2) is 6.76. The lowest BCUT2D eigenvalue weighted by atomic mass is 10.2.